The SMILES string of the molecule is CC(C(=O)Nc1ccc(C#N)cc1)N1C(=O)NC(c2ccccc2)(c2ccccc2)C1=O. The molecule has 0 spiro atoms. The number of amides is 4. The van der Waals surface area contributed by atoms with E-state index in [1.807, 2.05) is 18.2 Å². The van der Waals surface area contributed by atoms with Crippen molar-refractivity contribution in [2.75, 3.05) is 5.32 Å². The van der Waals surface area contributed by atoms with E-state index in [0.717, 1.165) is 4.90 Å². The largest absolute Gasteiger partial charge is 0.326 e. The van der Waals surface area contributed by atoms with E-state index in [1.165, 1.54) is 6.92 Å². The van der Waals surface area contributed by atoms with Crippen LogP contribution in [-0.2, 0) is 15.1 Å². The van der Waals surface area contributed by atoms with Crippen LogP contribution in [0.1, 0.15) is 23.6 Å². The minimum atomic E-state index is -1.43. The fourth-order valence-corrected chi connectivity index (χ4v) is 3.83. The van der Waals surface area contributed by atoms with Crippen molar-refractivity contribution in [3.63, 3.8) is 0 Å². The molecule has 1 saturated heterocycles. The van der Waals surface area contributed by atoms with Crippen molar-refractivity contribution in [2.45, 2.75) is 18.5 Å². The van der Waals surface area contributed by atoms with Crippen LogP contribution in [0.3, 0.4) is 0 Å². The molecule has 4 amide bonds. The molecule has 0 aliphatic carbocycles. The molecule has 1 atom stereocenters. The summed E-state index contributed by atoms with van der Waals surface area (Å²) in [5.41, 5.74) is 0.701. The van der Waals surface area contributed by atoms with Crippen LogP contribution in [0.5, 0.6) is 0 Å². The minimum absolute atomic E-state index is 0.459. The van der Waals surface area contributed by atoms with Gasteiger partial charge in [0.25, 0.3) is 5.91 Å². The van der Waals surface area contributed by atoms with Crippen molar-refractivity contribution in [1.29, 1.82) is 5.26 Å². The maximum Gasteiger partial charge on any atom is 0.326 e. The molecule has 0 saturated carbocycles. The molecule has 3 aromatic carbocycles. The van der Waals surface area contributed by atoms with Crippen molar-refractivity contribution in [1.82, 2.24) is 10.2 Å². The van der Waals surface area contributed by atoms with Gasteiger partial charge in [-0.1, -0.05) is 60.7 Å². The number of hydrogen-bond acceptors (Lipinski definition) is 4. The van der Waals surface area contributed by atoms with E-state index >= 15 is 0 Å². The van der Waals surface area contributed by atoms with Gasteiger partial charge in [-0.25, -0.2) is 9.69 Å². The van der Waals surface area contributed by atoms with Gasteiger partial charge in [-0.2, -0.15) is 5.26 Å². The van der Waals surface area contributed by atoms with E-state index in [-0.39, 0.29) is 0 Å². The van der Waals surface area contributed by atoms with Gasteiger partial charge in [0.05, 0.1) is 11.6 Å². The molecule has 7 nitrogen and oxygen atoms in total. The van der Waals surface area contributed by atoms with Crippen LogP contribution >= 0.6 is 0 Å². The third-order valence-corrected chi connectivity index (χ3v) is 5.51. The summed E-state index contributed by atoms with van der Waals surface area (Å²) < 4.78 is 0. The van der Waals surface area contributed by atoms with E-state index in [9.17, 15) is 14.4 Å². The Labute approximate surface area is 185 Å². The minimum Gasteiger partial charge on any atom is -0.324 e. The Morgan fingerprint density at radius 2 is 1.47 bits per heavy atom. The predicted octanol–water partition coefficient (Wildman–Crippen LogP) is 3.38. The second-order valence-corrected chi connectivity index (χ2v) is 7.44. The second kappa shape index (κ2) is 8.36. The second-order valence-electron chi connectivity index (χ2n) is 7.44. The van der Waals surface area contributed by atoms with Gasteiger partial charge in [-0.3, -0.25) is 9.59 Å². The molecule has 3 aromatic rings. The Hall–Kier alpha value is -4.44. The van der Waals surface area contributed by atoms with Crippen molar-refractivity contribution >= 4 is 23.5 Å². The highest BCUT2D eigenvalue weighted by Crippen LogP contribution is 2.36. The number of carbonyl (C=O) groups is 3. The molecule has 1 fully saturated rings. The lowest BCUT2D eigenvalue weighted by molar-refractivity contribution is -0.135. The van der Waals surface area contributed by atoms with Gasteiger partial charge < -0.3 is 10.6 Å². The molecular weight excluding hydrogens is 404 g/mol. The summed E-state index contributed by atoms with van der Waals surface area (Å²) in [6.45, 7) is 1.50. The molecule has 1 aliphatic heterocycles. The Kier molecular flexibility index (Phi) is 5.44. The zero-order valence-corrected chi connectivity index (χ0v) is 17.3. The van der Waals surface area contributed by atoms with Crippen molar-refractivity contribution in [3.8, 4) is 6.07 Å². The first-order valence-electron chi connectivity index (χ1n) is 10.1. The zero-order chi connectivity index (χ0) is 22.7. The lowest BCUT2D eigenvalue weighted by atomic mass is 9.82. The molecule has 0 bridgehead atoms. The van der Waals surface area contributed by atoms with Crippen molar-refractivity contribution in [2.24, 2.45) is 0 Å². The number of imide groups is 1. The van der Waals surface area contributed by atoms with Gasteiger partial charge in [0.15, 0.2) is 5.54 Å². The number of nitrogens with one attached hydrogen (secondary N) is 2. The highest BCUT2D eigenvalue weighted by atomic mass is 16.2. The first-order chi connectivity index (χ1) is 15.5. The molecule has 4 rings (SSSR count). The van der Waals surface area contributed by atoms with Gasteiger partial charge in [0.1, 0.15) is 6.04 Å². The third kappa shape index (κ3) is 3.48. The molecule has 0 radical (unpaired) electrons. The molecule has 2 N–H and O–H groups in total. The van der Waals surface area contributed by atoms with Gasteiger partial charge in [-0.15, -0.1) is 0 Å². The number of anilines is 1. The maximum atomic E-state index is 13.7. The summed E-state index contributed by atoms with van der Waals surface area (Å²) in [6, 6.07) is 24.6. The molecule has 32 heavy (non-hydrogen) atoms. The molecule has 1 heterocycles. The van der Waals surface area contributed by atoms with E-state index < -0.39 is 29.4 Å². The van der Waals surface area contributed by atoms with Crippen molar-refractivity contribution in [3.05, 3.63) is 102 Å². The van der Waals surface area contributed by atoms with Crippen LogP contribution in [0.2, 0.25) is 0 Å². The highest BCUT2D eigenvalue weighted by Gasteiger charge is 2.55. The first kappa shape index (κ1) is 20.8. The number of hydrogen-bond donors (Lipinski definition) is 2. The molecule has 158 valence electrons. The number of urea groups is 1. The normalized spacial score (nSPS) is 15.6. The lowest BCUT2D eigenvalue weighted by Gasteiger charge is -2.29. The molecule has 1 aliphatic rings. The highest BCUT2D eigenvalue weighted by molar-refractivity contribution is 6.13. The summed E-state index contributed by atoms with van der Waals surface area (Å²) in [6.07, 6.45) is 0. The van der Waals surface area contributed by atoms with Crippen LogP contribution < -0.4 is 10.6 Å². The van der Waals surface area contributed by atoms with Crippen molar-refractivity contribution < 1.29 is 14.4 Å². The standard InChI is InChI=1S/C25H20N4O3/c1-17(22(30)27-21-14-12-18(16-26)13-15-21)29-23(31)25(28-24(29)32,19-8-4-2-5-9-19)20-10-6-3-7-11-20/h2-15,17H,1H3,(H,27,30)(H,28,32). The van der Waals surface area contributed by atoms with Crippen LogP contribution in [-0.4, -0.2) is 28.8 Å². The summed E-state index contributed by atoms with van der Waals surface area (Å²) >= 11 is 0. The Morgan fingerprint density at radius 1 is 0.938 bits per heavy atom. The number of benzene rings is 3. The fraction of sp³-hybridized carbons (Fsp3) is 0.120. The Morgan fingerprint density at radius 3 is 1.97 bits per heavy atom. The van der Waals surface area contributed by atoms with Crippen LogP contribution in [0.25, 0.3) is 0 Å². The zero-order valence-electron chi connectivity index (χ0n) is 17.3. The average Bonchev–Trinajstić information content (AvgIpc) is 3.11. The number of rotatable bonds is 5. The third-order valence-electron chi connectivity index (χ3n) is 5.51. The van der Waals surface area contributed by atoms with Crippen LogP contribution in [0.4, 0.5) is 10.5 Å². The summed E-state index contributed by atoms with van der Waals surface area (Å²) in [5.74, 6) is -1.04. The molecular formula is C25H20N4O3. The van der Waals surface area contributed by atoms with Crippen LogP contribution in [0, 0.1) is 11.3 Å². The van der Waals surface area contributed by atoms with Gasteiger partial charge >= 0.3 is 6.03 Å². The number of nitrogens with zero attached hydrogens (tertiary/aromatic N) is 2. The maximum absolute atomic E-state index is 13.7. The van der Waals surface area contributed by atoms with E-state index in [0.29, 0.717) is 22.4 Å². The van der Waals surface area contributed by atoms with Gasteiger partial charge in [0, 0.05) is 5.69 Å². The Balaban J connectivity index is 1.67. The van der Waals surface area contributed by atoms with E-state index in [4.69, 9.17) is 5.26 Å². The molecule has 7 heteroatoms. The van der Waals surface area contributed by atoms with Gasteiger partial charge in [0.2, 0.25) is 5.91 Å². The Bertz CT molecular complexity index is 1160. The number of nitriles is 1. The fourth-order valence-electron chi connectivity index (χ4n) is 3.83. The van der Waals surface area contributed by atoms with E-state index in [2.05, 4.69) is 10.6 Å². The molecule has 1 unspecified atom stereocenters. The first-order valence-corrected chi connectivity index (χ1v) is 10.1. The summed E-state index contributed by atoms with van der Waals surface area (Å²) in [5, 5.41) is 14.4. The summed E-state index contributed by atoms with van der Waals surface area (Å²) in [4.78, 5) is 40.6. The average molecular weight is 424 g/mol. The predicted molar refractivity (Wildman–Crippen MR) is 118 cm³/mol. The van der Waals surface area contributed by atoms with Gasteiger partial charge in [-0.05, 0) is 42.3 Å². The molecule has 0 aromatic heterocycles. The van der Waals surface area contributed by atoms with Crippen LogP contribution in [0.15, 0.2) is 84.9 Å². The van der Waals surface area contributed by atoms with E-state index in [1.54, 1.807) is 72.8 Å². The monoisotopic (exact) mass is 424 g/mol. The number of carbonyl (C=O) groups excluding carboxylic acids is 3. The lowest BCUT2D eigenvalue weighted by Crippen LogP contribution is -2.48. The topological polar surface area (TPSA) is 102 Å². The quantitative estimate of drug-likeness (QED) is 0.613. The summed E-state index contributed by atoms with van der Waals surface area (Å²) in [7, 11) is 0. The smallest absolute Gasteiger partial charge is 0.324 e.